The molecule has 0 saturated carbocycles. The van der Waals surface area contributed by atoms with E-state index in [1.807, 2.05) is 19.2 Å². The Morgan fingerprint density at radius 3 is 2.94 bits per heavy atom. The van der Waals surface area contributed by atoms with Gasteiger partial charge in [-0.2, -0.15) is 0 Å². The number of hydrogen-bond acceptors (Lipinski definition) is 3. The predicted octanol–water partition coefficient (Wildman–Crippen LogP) is 3.30. The van der Waals surface area contributed by atoms with Gasteiger partial charge in [0, 0.05) is 18.0 Å². The van der Waals surface area contributed by atoms with Gasteiger partial charge in [-0.3, -0.25) is 0 Å². The van der Waals surface area contributed by atoms with Crippen molar-refractivity contribution in [1.29, 1.82) is 0 Å². The maximum absolute atomic E-state index is 6.07. The van der Waals surface area contributed by atoms with Crippen LogP contribution in [-0.2, 0) is 0 Å². The van der Waals surface area contributed by atoms with Crippen molar-refractivity contribution >= 4 is 0 Å². The number of nitrogens with one attached hydrogen (secondary N) is 1. The molecule has 0 amide bonds. The molecule has 0 saturated heterocycles. The number of rotatable bonds is 5. The van der Waals surface area contributed by atoms with Gasteiger partial charge >= 0.3 is 0 Å². The summed E-state index contributed by atoms with van der Waals surface area (Å²) < 4.78 is 11.4. The van der Waals surface area contributed by atoms with Crippen LogP contribution in [0.25, 0.3) is 0 Å². The maximum atomic E-state index is 6.07. The largest absolute Gasteiger partial charge is 0.497 e. The molecular formula is C15H23NO2. The Hall–Kier alpha value is -1.22. The Morgan fingerprint density at radius 1 is 1.44 bits per heavy atom. The Kier molecular flexibility index (Phi) is 4.48. The van der Waals surface area contributed by atoms with Crippen LogP contribution < -0.4 is 14.8 Å². The Bertz CT molecular complexity index is 392. The fourth-order valence-electron chi connectivity index (χ4n) is 2.53. The van der Waals surface area contributed by atoms with Crippen molar-refractivity contribution in [2.75, 3.05) is 14.2 Å². The number of hydrogen-bond donors (Lipinski definition) is 1. The minimum atomic E-state index is 0.336. The van der Waals surface area contributed by atoms with Crippen LogP contribution in [0.15, 0.2) is 18.2 Å². The van der Waals surface area contributed by atoms with Crippen LogP contribution in [0.1, 0.15) is 44.2 Å². The summed E-state index contributed by atoms with van der Waals surface area (Å²) >= 11 is 0. The van der Waals surface area contributed by atoms with Crippen LogP contribution in [0.4, 0.5) is 0 Å². The molecule has 0 aliphatic carbocycles. The van der Waals surface area contributed by atoms with Gasteiger partial charge in [-0.15, -0.1) is 0 Å². The fraction of sp³-hybridized carbons (Fsp3) is 0.600. The van der Waals surface area contributed by atoms with Gasteiger partial charge in [0.15, 0.2) is 0 Å². The topological polar surface area (TPSA) is 30.5 Å². The summed E-state index contributed by atoms with van der Waals surface area (Å²) in [5.74, 6) is 1.90. The van der Waals surface area contributed by atoms with Crippen molar-refractivity contribution in [2.45, 2.75) is 44.8 Å². The van der Waals surface area contributed by atoms with Crippen LogP contribution in [0.5, 0.6) is 11.5 Å². The lowest BCUT2D eigenvalue weighted by Gasteiger charge is -2.32. The molecule has 1 N–H and O–H groups in total. The van der Waals surface area contributed by atoms with Crippen molar-refractivity contribution in [2.24, 2.45) is 0 Å². The van der Waals surface area contributed by atoms with Gasteiger partial charge < -0.3 is 14.8 Å². The molecule has 0 bridgehead atoms. The summed E-state index contributed by atoms with van der Waals surface area (Å²) in [6, 6.07) is 6.43. The third-order valence-electron chi connectivity index (χ3n) is 3.61. The quantitative estimate of drug-likeness (QED) is 0.868. The Morgan fingerprint density at radius 2 is 2.28 bits per heavy atom. The van der Waals surface area contributed by atoms with Gasteiger partial charge in [-0.1, -0.05) is 19.8 Å². The summed E-state index contributed by atoms with van der Waals surface area (Å²) in [5.41, 5.74) is 1.21. The predicted molar refractivity (Wildman–Crippen MR) is 73.4 cm³/mol. The molecule has 0 aromatic heterocycles. The van der Waals surface area contributed by atoms with E-state index in [0.717, 1.165) is 24.3 Å². The Labute approximate surface area is 109 Å². The second-order valence-corrected chi connectivity index (χ2v) is 4.86. The first-order chi connectivity index (χ1) is 8.78. The van der Waals surface area contributed by atoms with E-state index in [9.17, 15) is 0 Å². The lowest BCUT2D eigenvalue weighted by atomic mass is 9.94. The van der Waals surface area contributed by atoms with Crippen LogP contribution in [-0.4, -0.2) is 20.3 Å². The first-order valence-electron chi connectivity index (χ1n) is 6.80. The highest BCUT2D eigenvalue weighted by atomic mass is 16.5. The summed E-state index contributed by atoms with van der Waals surface area (Å²) in [5, 5.41) is 3.38. The highest BCUT2D eigenvalue weighted by Crippen LogP contribution is 2.38. The molecular weight excluding hydrogens is 226 g/mol. The van der Waals surface area contributed by atoms with Gasteiger partial charge in [0.25, 0.3) is 0 Å². The smallest absolute Gasteiger partial charge is 0.124 e. The zero-order chi connectivity index (χ0) is 13.0. The highest BCUT2D eigenvalue weighted by molar-refractivity contribution is 5.43. The van der Waals surface area contributed by atoms with E-state index in [4.69, 9.17) is 9.47 Å². The molecule has 2 atom stereocenters. The lowest BCUT2D eigenvalue weighted by Crippen LogP contribution is -2.31. The molecule has 1 heterocycles. The minimum Gasteiger partial charge on any atom is -0.497 e. The van der Waals surface area contributed by atoms with Crippen LogP contribution in [0.2, 0.25) is 0 Å². The molecule has 1 aromatic rings. The van der Waals surface area contributed by atoms with Crippen molar-refractivity contribution in [3.63, 3.8) is 0 Å². The Balaban J connectivity index is 2.18. The second kappa shape index (κ2) is 6.10. The number of benzene rings is 1. The molecule has 0 radical (unpaired) electrons. The molecule has 1 aliphatic heterocycles. The standard InChI is InChI=1S/C15H23NO2/c1-4-5-6-12-10-14(16-2)13-9-11(17-3)7-8-15(13)18-12/h7-9,12,14,16H,4-6,10H2,1-3H3. The molecule has 2 rings (SSSR count). The summed E-state index contributed by atoms with van der Waals surface area (Å²) in [6.45, 7) is 2.22. The number of unbranched alkanes of at least 4 members (excludes halogenated alkanes) is 1. The third kappa shape index (κ3) is 2.78. The molecule has 3 nitrogen and oxygen atoms in total. The molecule has 2 unspecified atom stereocenters. The first kappa shape index (κ1) is 13.2. The molecule has 100 valence electrons. The number of fused-ring (bicyclic) bond motifs is 1. The van der Waals surface area contributed by atoms with Gasteiger partial charge in [-0.25, -0.2) is 0 Å². The fourth-order valence-corrected chi connectivity index (χ4v) is 2.53. The van der Waals surface area contributed by atoms with E-state index in [0.29, 0.717) is 12.1 Å². The molecule has 18 heavy (non-hydrogen) atoms. The van der Waals surface area contributed by atoms with Crippen molar-refractivity contribution in [3.05, 3.63) is 23.8 Å². The lowest BCUT2D eigenvalue weighted by molar-refractivity contribution is 0.140. The van der Waals surface area contributed by atoms with Gasteiger partial charge in [0.2, 0.25) is 0 Å². The molecule has 1 aliphatic rings. The molecule has 3 heteroatoms. The normalized spacial score (nSPS) is 22.2. The molecule has 0 fully saturated rings. The minimum absolute atomic E-state index is 0.336. The summed E-state index contributed by atoms with van der Waals surface area (Å²) in [6.07, 6.45) is 4.96. The van der Waals surface area contributed by atoms with Gasteiger partial charge in [-0.05, 0) is 31.7 Å². The second-order valence-electron chi connectivity index (χ2n) is 4.86. The van der Waals surface area contributed by atoms with Crippen molar-refractivity contribution in [1.82, 2.24) is 5.32 Å². The van der Waals surface area contributed by atoms with E-state index < -0.39 is 0 Å². The number of methoxy groups -OCH3 is 1. The molecule has 1 aromatic carbocycles. The van der Waals surface area contributed by atoms with Crippen LogP contribution in [0.3, 0.4) is 0 Å². The van der Waals surface area contributed by atoms with E-state index in [1.165, 1.54) is 18.4 Å². The van der Waals surface area contributed by atoms with Gasteiger partial charge in [0.1, 0.15) is 17.6 Å². The third-order valence-corrected chi connectivity index (χ3v) is 3.61. The zero-order valence-corrected chi connectivity index (χ0v) is 11.5. The van der Waals surface area contributed by atoms with Crippen molar-refractivity contribution in [3.8, 4) is 11.5 Å². The number of ether oxygens (including phenoxy) is 2. The SMILES string of the molecule is CCCCC1CC(NC)c2cc(OC)ccc2O1. The van der Waals surface area contributed by atoms with Crippen LogP contribution in [0, 0.1) is 0 Å². The molecule has 0 spiro atoms. The average Bonchev–Trinajstić information content (AvgIpc) is 2.43. The summed E-state index contributed by atoms with van der Waals surface area (Å²) in [7, 11) is 3.71. The highest BCUT2D eigenvalue weighted by Gasteiger charge is 2.27. The monoisotopic (exact) mass is 249 g/mol. The average molecular weight is 249 g/mol. The van der Waals surface area contributed by atoms with E-state index >= 15 is 0 Å². The maximum Gasteiger partial charge on any atom is 0.124 e. The summed E-state index contributed by atoms with van der Waals surface area (Å²) in [4.78, 5) is 0. The first-order valence-corrected chi connectivity index (χ1v) is 6.80. The van der Waals surface area contributed by atoms with Crippen LogP contribution >= 0.6 is 0 Å². The van der Waals surface area contributed by atoms with E-state index in [-0.39, 0.29) is 0 Å². The van der Waals surface area contributed by atoms with E-state index in [1.54, 1.807) is 7.11 Å². The van der Waals surface area contributed by atoms with Gasteiger partial charge in [0.05, 0.1) is 7.11 Å². The van der Waals surface area contributed by atoms with Crippen molar-refractivity contribution < 1.29 is 9.47 Å². The zero-order valence-electron chi connectivity index (χ0n) is 11.5. The van der Waals surface area contributed by atoms with E-state index in [2.05, 4.69) is 18.3 Å².